The minimum absolute atomic E-state index is 0.372. The number of methoxy groups -OCH3 is 3. The van der Waals surface area contributed by atoms with Crippen molar-refractivity contribution in [2.24, 2.45) is 0 Å². The van der Waals surface area contributed by atoms with Gasteiger partial charge in [-0.1, -0.05) is 5.10 Å². The van der Waals surface area contributed by atoms with Crippen LogP contribution < -0.4 is 19.5 Å². The van der Waals surface area contributed by atoms with Crippen molar-refractivity contribution in [1.29, 1.82) is 0 Å². The van der Waals surface area contributed by atoms with E-state index in [1.54, 1.807) is 33.5 Å². The fraction of sp³-hybridized carbons (Fsp3) is 0.385. The number of anilines is 1. The fourth-order valence-corrected chi connectivity index (χ4v) is 1.77. The summed E-state index contributed by atoms with van der Waals surface area (Å²) < 4.78 is 21.3. The van der Waals surface area contributed by atoms with Gasteiger partial charge in [0.05, 0.1) is 21.3 Å². The second-order valence-corrected chi connectivity index (χ2v) is 3.86. The van der Waals surface area contributed by atoms with Crippen molar-refractivity contribution >= 4 is 6.01 Å². The van der Waals surface area contributed by atoms with Crippen LogP contribution in [-0.2, 0) is 0 Å². The Bertz CT molecular complexity index is 558. The van der Waals surface area contributed by atoms with Gasteiger partial charge in [-0.2, -0.15) is 0 Å². The minimum Gasteiger partial charge on any atom is -0.493 e. The number of nitrogens with one attached hydrogen (secondary N) is 1. The minimum atomic E-state index is 0.372. The van der Waals surface area contributed by atoms with E-state index in [-0.39, 0.29) is 0 Å². The zero-order chi connectivity index (χ0) is 14.5. The number of nitrogens with zero attached hydrogens (tertiary/aromatic N) is 2. The van der Waals surface area contributed by atoms with Crippen LogP contribution in [0.1, 0.15) is 6.92 Å². The largest absolute Gasteiger partial charge is 0.493 e. The standard InChI is InChI=1S/C13H17N3O4/c1-5-14-13-16-15-12(20-13)8-6-9(17-2)11(19-4)10(7-8)18-3/h6-7H,5H2,1-4H3,(H,14,16). The summed E-state index contributed by atoms with van der Waals surface area (Å²) in [6.45, 7) is 2.65. The molecule has 20 heavy (non-hydrogen) atoms. The lowest BCUT2D eigenvalue weighted by molar-refractivity contribution is 0.324. The molecule has 0 atom stereocenters. The highest BCUT2D eigenvalue weighted by atomic mass is 16.5. The smallest absolute Gasteiger partial charge is 0.315 e. The molecule has 0 aliphatic carbocycles. The van der Waals surface area contributed by atoms with Crippen molar-refractivity contribution in [1.82, 2.24) is 10.2 Å². The summed E-state index contributed by atoms with van der Waals surface area (Å²) >= 11 is 0. The van der Waals surface area contributed by atoms with Crippen LogP contribution in [0.2, 0.25) is 0 Å². The van der Waals surface area contributed by atoms with Crippen LogP contribution in [0.5, 0.6) is 17.2 Å². The van der Waals surface area contributed by atoms with E-state index in [0.29, 0.717) is 41.3 Å². The Labute approximate surface area is 116 Å². The average Bonchev–Trinajstić information content (AvgIpc) is 2.94. The van der Waals surface area contributed by atoms with E-state index in [1.807, 2.05) is 6.92 Å². The third-order valence-corrected chi connectivity index (χ3v) is 2.66. The molecular formula is C13H17N3O4. The summed E-state index contributed by atoms with van der Waals surface area (Å²) in [5, 5.41) is 10.8. The van der Waals surface area contributed by atoms with Gasteiger partial charge in [0.25, 0.3) is 0 Å². The number of ether oxygens (including phenoxy) is 3. The van der Waals surface area contributed by atoms with Crippen LogP contribution in [-0.4, -0.2) is 38.1 Å². The quantitative estimate of drug-likeness (QED) is 0.868. The van der Waals surface area contributed by atoms with Gasteiger partial charge in [0.1, 0.15) is 0 Å². The van der Waals surface area contributed by atoms with Gasteiger partial charge in [-0.15, -0.1) is 5.10 Å². The van der Waals surface area contributed by atoms with E-state index in [0.717, 1.165) is 0 Å². The molecule has 0 saturated carbocycles. The molecule has 0 unspecified atom stereocenters. The first-order valence-corrected chi connectivity index (χ1v) is 6.11. The molecule has 0 aliphatic rings. The van der Waals surface area contributed by atoms with Crippen molar-refractivity contribution in [3.8, 4) is 28.7 Å². The summed E-state index contributed by atoms with van der Waals surface area (Å²) in [5.41, 5.74) is 0.691. The van der Waals surface area contributed by atoms with Gasteiger partial charge >= 0.3 is 6.01 Å². The molecule has 0 bridgehead atoms. The van der Waals surface area contributed by atoms with Gasteiger partial charge in [0.15, 0.2) is 11.5 Å². The number of aromatic nitrogens is 2. The van der Waals surface area contributed by atoms with Crippen molar-refractivity contribution in [3.05, 3.63) is 12.1 Å². The van der Waals surface area contributed by atoms with Crippen molar-refractivity contribution in [2.75, 3.05) is 33.2 Å². The predicted molar refractivity (Wildman–Crippen MR) is 73.6 cm³/mol. The summed E-state index contributed by atoms with van der Waals surface area (Å²) in [6, 6.07) is 3.88. The maximum atomic E-state index is 5.50. The lowest BCUT2D eigenvalue weighted by Gasteiger charge is -2.12. The average molecular weight is 279 g/mol. The molecular weight excluding hydrogens is 262 g/mol. The monoisotopic (exact) mass is 279 g/mol. The molecule has 1 aromatic carbocycles. The molecule has 0 spiro atoms. The molecule has 0 amide bonds. The number of hydrogen-bond donors (Lipinski definition) is 1. The van der Waals surface area contributed by atoms with Crippen molar-refractivity contribution in [2.45, 2.75) is 6.92 Å². The molecule has 1 heterocycles. The molecule has 108 valence electrons. The van der Waals surface area contributed by atoms with E-state index in [4.69, 9.17) is 18.6 Å². The van der Waals surface area contributed by atoms with E-state index in [2.05, 4.69) is 15.5 Å². The predicted octanol–water partition coefficient (Wildman–Crippen LogP) is 2.19. The van der Waals surface area contributed by atoms with Crippen molar-refractivity contribution < 1.29 is 18.6 Å². The summed E-state index contributed by atoms with van der Waals surface area (Å²) in [6.07, 6.45) is 0. The molecule has 7 nitrogen and oxygen atoms in total. The highest BCUT2D eigenvalue weighted by molar-refractivity contribution is 5.65. The molecule has 1 N–H and O–H groups in total. The zero-order valence-electron chi connectivity index (χ0n) is 11.9. The van der Waals surface area contributed by atoms with Gasteiger partial charge < -0.3 is 23.9 Å². The normalized spacial score (nSPS) is 10.2. The molecule has 0 aliphatic heterocycles. The maximum Gasteiger partial charge on any atom is 0.315 e. The Morgan fingerprint density at radius 1 is 1.05 bits per heavy atom. The molecule has 1 aromatic heterocycles. The topological polar surface area (TPSA) is 78.6 Å². The van der Waals surface area contributed by atoms with Crippen LogP contribution >= 0.6 is 0 Å². The fourth-order valence-electron chi connectivity index (χ4n) is 1.77. The Morgan fingerprint density at radius 3 is 2.20 bits per heavy atom. The molecule has 7 heteroatoms. The van der Waals surface area contributed by atoms with Gasteiger partial charge in [-0.05, 0) is 19.1 Å². The first-order chi connectivity index (χ1) is 9.73. The van der Waals surface area contributed by atoms with Crippen LogP contribution in [0.15, 0.2) is 16.5 Å². The summed E-state index contributed by atoms with van der Waals surface area (Å²) in [4.78, 5) is 0. The van der Waals surface area contributed by atoms with Gasteiger partial charge in [0.2, 0.25) is 11.6 Å². The first kappa shape index (κ1) is 14.0. The molecule has 0 radical (unpaired) electrons. The van der Waals surface area contributed by atoms with E-state index >= 15 is 0 Å². The van der Waals surface area contributed by atoms with E-state index < -0.39 is 0 Å². The second kappa shape index (κ2) is 6.14. The lowest BCUT2D eigenvalue weighted by atomic mass is 10.2. The molecule has 0 saturated heterocycles. The number of hydrogen-bond acceptors (Lipinski definition) is 7. The van der Waals surface area contributed by atoms with E-state index in [1.165, 1.54) is 0 Å². The number of rotatable bonds is 6. The second-order valence-electron chi connectivity index (χ2n) is 3.86. The van der Waals surface area contributed by atoms with Gasteiger partial charge in [-0.25, -0.2) is 0 Å². The first-order valence-electron chi connectivity index (χ1n) is 6.11. The highest BCUT2D eigenvalue weighted by Gasteiger charge is 2.17. The molecule has 2 aromatic rings. The summed E-state index contributed by atoms with van der Waals surface area (Å²) in [5.74, 6) is 1.96. The summed E-state index contributed by atoms with van der Waals surface area (Å²) in [7, 11) is 4.66. The Kier molecular flexibility index (Phi) is 4.29. The van der Waals surface area contributed by atoms with Crippen LogP contribution in [0.4, 0.5) is 6.01 Å². The van der Waals surface area contributed by atoms with E-state index in [9.17, 15) is 0 Å². The Morgan fingerprint density at radius 2 is 1.70 bits per heavy atom. The SMILES string of the molecule is CCNc1nnc(-c2cc(OC)c(OC)c(OC)c2)o1. The Balaban J connectivity index is 2.45. The van der Waals surface area contributed by atoms with Gasteiger partial charge in [0, 0.05) is 12.1 Å². The molecule has 2 rings (SSSR count). The zero-order valence-corrected chi connectivity index (χ0v) is 11.9. The van der Waals surface area contributed by atoms with Crippen LogP contribution in [0.3, 0.4) is 0 Å². The van der Waals surface area contributed by atoms with Crippen LogP contribution in [0, 0.1) is 0 Å². The maximum absolute atomic E-state index is 5.50. The van der Waals surface area contributed by atoms with Crippen molar-refractivity contribution in [3.63, 3.8) is 0 Å². The third kappa shape index (κ3) is 2.61. The Hall–Kier alpha value is -2.44. The third-order valence-electron chi connectivity index (χ3n) is 2.66. The molecule has 0 fully saturated rings. The lowest BCUT2D eigenvalue weighted by Crippen LogP contribution is -1.96. The number of benzene rings is 1. The highest BCUT2D eigenvalue weighted by Crippen LogP contribution is 2.40. The van der Waals surface area contributed by atoms with Gasteiger partial charge in [-0.3, -0.25) is 0 Å². The van der Waals surface area contributed by atoms with Crippen LogP contribution in [0.25, 0.3) is 11.5 Å².